The van der Waals surface area contributed by atoms with E-state index in [0.717, 1.165) is 29.2 Å². The number of nitrogens with zero attached hydrogens (tertiary/aromatic N) is 2. The van der Waals surface area contributed by atoms with Crippen LogP contribution in [0.1, 0.15) is 29.9 Å². The highest BCUT2D eigenvalue weighted by Gasteiger charge is 2.08. The lowest BCUT2D eigenvalue weighted by atomic mass is 10.2. The van der Waals surface area contributed by atoms with E-state index in [1.165, 1.54) is 0 Å². The maximum atomic E-state index is 9.43. The zero-order chi connectivity index (χ0) is 13.1. The number of aliphatic hydroxyl groups is 1. The molecular formula is C14H18N2O2. The lowest BCUT2D eigenvalue weighted by molar-refractivity contribution is 0.199. The summed E-state index contributed by atoms with van der Waals surface area (Å²) in [7, 11) is 1.98. The minimum absolute atomic E-state index is 0.479. The first-order valence-corrected chi connectivity index (χ1v) is 5.96. The summed E-state index contributed by atoms with van der Waals surface area (Å²) in [6.45, 7) is 4.44. The molecule has 18 heavy (non-hydrogen) atoms. The molecule has 0 aliphatic heterocycles. The molecule has 96 valence electrons. The van der Waals surface area contributed by atoms with Crippen LogP contribution < -0.4 is 4.90 Å². The molecule has 0 spiro atoms. The average Bonchev–Trinajstić information content (AvgIpc) is 2.75. The largest absolute Gasteiger partial charge is 0.469 e. The monoisotopic (exact) mass is 246 g/mol. The van der Waals surface area contributed by atoms with E-state index >= 15 is 0 Å². The van der Waals surface area contributed by atoms with Crippen LogP contribution in [0.25, 0.3) is 0 Å². The highest BCUT2D eigenvalue weighted by molar-refractivity contribution is 5.40. The SMILES string of the molecule is Cc1occc1CN(C)c1ccc(C(C)O)cn1. The van der Waals surface area contributed by atoms with Crippen LogP contribution in [0.3, 0.4) is 0 Å². The number of rotatable bonds is 4. The minimum Gasteiger partial charge on any atom is -0.469 e. The van der Waals surface area contributed by atoms with E-state index in [1.807, 2.05) is 37.1 Å². The van der Waals surface area contributed by atoms with Crippen molar-refractivity contribution >= 4 is 5.82 Å². The molecule has 2 rings (SSSR count). The Morgan fingerprint density at radius 2 is 2.17 bits per heavy atom. The van der Waals surface area contributed by atoms with Crippen LogP contribution in [-0.4, -0.2) is 17.1 Å². The van der Waals surface area contributed by atoms with Crippen LogP contribution in [-0.2, 0) is 6.54 Å². The molecule has 4 heteroatoms. The van der Waals surface area contributed by atoms with E-state index in [-0.39, 0.29) is 0 Å². The highest BCUT2D eigenvalue weighted by atomic mass is 16.3. The van der Waals surface area contributed by atoms with Gasteiger partial charge in [0.1, 0.15) is 11.6 Å². The first kappa shape index (κ1) is 12.6. The fourth-order valence-electron chi connectivity index (χ4n) is 1.78. The molecule has 0 amide bonds. The highest BCUT2D eigenvalue weighted by Crippen LogP contribution is 2.18. The van der Waals surface area contributed by atoms with E-state index in [2.05, 4.69) is 4.98 Å². The van der Waals surface area contributed by atoms with Crippen molar-refractivity contribution in [3.63, 3.8) is 0 Å². The Labute approximate surface area is 107 Å². The molecule has 4 nitrogen and oxygen atoms in total. The quantitative estimate of drug-likeness (QED) is 0.901. The molecule has 2 aromatic heterocycles. The van der Waals surface area contributed by atoms with Crippen LogP contribution >= 0.6 is 0 Å². The smallest absolute Gasteiger partial charge is 0.128 e. The van der Waals surface area contributed by atoms with Gasteiger partial charge in [0.2, 0.25) is 0 Å². The Bertz CT molecular complexity index is 503. The summed E-state index contributed by atoms with van der Waals surface area (Å²) < 4.78 is 5.27. The van der Waals surface area contributed by atoms with Gasteiger partial charge in [0.25, 0.3) is 0 Å². The first-order valence-electron chi connectivity index (χ1n) is 5.96. The normalized spacial score (nSPS) is 12.4. The Morgan fingerprint density at radius 3 is 2.67 bits per heavy atom. The summed E-state index contributed by atoms with van der Waals surface area (Å²) in [4.78, 5) is 6.39. The summed E-state index contributed by atoms with van der Waals surface area (Å²) in [5, 5.41) is 9.43. The topological polar surface area (TPSA) is 49.5 Å². The summed E-state index contributed by atoms with van der Waals surface area (Å²) in [5.74, 6) is 1.81. The van der Waals surface area contributed by atoms with Crippen molar-refractivity contribution in [3.8, 4) is 0 Å². The van der Waals surface area contributed by atoms with Gasteiger partial charge in [0.15, 0.2) is 0 Å². The number of hydrogen-bond acceptors (Lipinski definition) is 4. The zero-order valence-corrected chi connectivity index (χ0v) is 10.9. The minimum atomic E-state index is -0.479. The number of aliphatic hydroxyl groups excluding tert-OH is 1. The van der Waals surface area contributed by atoms with E-state index < -0.39 is 6.10 Å². The Kier molecular flexibility index (Phi) is 3.67. The number of hydrogen-bond donors (Lipinski definition) is 1. The van der Waals surface area contributed by atoms with Crippen molar-refractivity contribution in [2.45, 2.75) is 26.5 Å². The summed E-state index contributed by atoms with van der Waals surface area (Å²) in [6.07, 6.45) is 2.93. The molecule has 1 unspecified atom stereocenters. The maximum Gasteiger partial charge on any atom is 0.128 e. The Morgan fingerprint density at radius 1 is 1.39 bits per heavy atom. The number of pyridine rings is 1. The van der Waals surface area contributed by atoms with E-state index in [4.69, 9.17) is 4.42 Å². The van der Waals surface area contributed by atoms with Crippen LogP contribution in [0.2, 0.25) is 0 Å². The van der Waals surface area contributed by atoms with E-state index in [9.17, 15) is 5.11 Å². The molecule has 0 aromatic carbocycles. The lowest BCUT2D eigenvalue weighted by Crippen LogP contribution is -2.17. The summed E-state index contributed by atoms with van der Waals surface area (Å²) in [5.41, 5.74) is 1.98. The molecule has 0 saturated carbocycles. The number of anilines is 1. The molecule has 0 radical (unpaired) electrons. The van der Waals surface area contributed by atoms with Gasteiger partial charge in [-0.1, -0.05) is 6.07 Å². The van der Waals surface area contributed by atoms with Gasteiger partial charge in [0, 0.05) is 25.4 Å². The third kappa shape index (κ3) is 2.71. The van der Waals surface area contributed by atoms with Crippen molar-refractivity contribution in [3.05, 3.63) is 47.5 Å². The fourth-order valence-corrected chi connectivity index (χ4v) is 1.78. The van der Waals surface area contributed by atoms with Crippen molar-refractivity contribution in [2.75, 3.05) is 11.9 Å². The molecule has 0 saturated heterocycles. The predicted molar refractivity (Wildman–Crippen MR) is 70.4 cm³/mol. The zero-order valence-electron chi connectivity index (χ0n) is 10.9. The molecular weight excluding hydrogens is 228 g/mol. The van der Waals surface area contributed by atoms with Crippen LogP contribution in [0.5, 0.6) is 0 Å². The second-order valence-corrected chi connectivity index (χ2v) is 4.48. The van der Waals surface area contributed by atoms with Crippen molar-refractivity contribution in [1.82, 2.24) is 4.98 Å². The fraction of sp³-hybridized carbons (Fsp3) is 0.357. The standard InChI is InChI=1S/C14H18N2O2/c1-10(17)12-4-5-14(15-8-12)16(3)9-13-6-7-18-11(13)2/h4-8,10,17H,9H2,1-3H3. The Hall–Kier alpha value is -1.81. The molecule has 0 aliphatic carbocycles. The van der Waals surface area contributed by atoms with Crippen LogP contribution in [0, 0.1) is 6.92 Å². The lowest BCUT2D eigenvalue weighted by Gasteiger charge is -2.18. The second kappa shape index (κ2) is 5.23. The molecule has 0 bridgehead atoms. The third-order valence-electron chi connectivity index (χ3n) is 3.02. The second-order valence-electron chi connectivity index (χ2n) is 4.48. The van der Waals surface area contributed by atoms with E-state index in [1.54, 1.807) is 19.4 Å². The molecule has 0 aliphatic rings. The number of aryl methyl sites for hydroxylation is 1. The van der Waals surface area contributed by atoms with Gasteiger partial charge in [-0.25, -0.2) is 4.98 Å². The third-order valence-corrected chi connectivity index (χ3v) is 3.02. The first-order chi connectivity index (χ1) is 8.58. The molecule has 1 N–H and O–H groups in total. The Balaban J connectivity index is 2.09. The van der Waals surface area contributed by atoms with Gasteiger partial charge in [0.05, 0.1) is 12.4 Å². The maximum absolute atomic E-state index is 9.43. The number of aromatic nitrogens is 1. The van der Waals surface area contributed by atoms with Gasteiger partial charge in [-0.15, -0.1) is 0 Å². The summed E-state index contributed by atoms with van der Waals surface area (Å²) >= 11 is 0. The number of furan rings is 1. The summed E-state index contributed by atoms with van der Waals surface area (Å²) in [6, 6.07) is 5.78. The van der Waals surface area contributed by atoms with Crippen molar-refractivity contribution in [1.29, 1.82) is 0 Å². The van der Waals surface area contributed by atoms with Crippen molar-refractivity contribution < 1.29 is 9.52 Å². The van der Waals surface area contributed by atoms with E-state index in [0.29, 0.717) is 0 Å². The predicted octanol–water partition coefficient (Wildman–Crippen LogP) is 2.67. The van der Waals surface area contributed by atoms with Gasteiger partial charge in [-0.3, -0.25) is 0 Å². The molecule has 2 aromatic rings. The molecule has 0 fully saturated rings. The molecule has 1 atom stereocenters. The van der Waals surface area contributed by atoms with Crippen LogP contribution in [0.15, 0.2) is 35.1 Å². The van der Waals surface area contributed by atoms with Gasteiger partial charge in [-0.05, 0) is 31.5 Å². The average molecular weight is 246 g/mol. The molecule has 2 heterocycles. The van der Waals surface area contributed by atoms with Gasteiger partial charge < -0.3 is 14.4 Å². The van der Waals surface area contributed by atoms with Gasteiger partial charge >= 0.3 is 0 Å². The van der Waals surface area contributed by atoms with Crippen molar-refractivity contribution in [2.24, 2.45) is 0 Å². The van der Waals surface area contributed by atoms with Crippen LogP contribution in [0.4, 0.5) is 5.82 Å². The van der Waals surface area contributed by atoms with Gasteiger partial charge in [-0.2, -0.15) is 0 Å².